The molecule has 0 aromatic heterocycles. The normalized spacial score (nSPS) is 11.9. The molecule has 0 aliphatic rings. The summed E-state index contributed by atoms with van der Waals surface area (Å²) in [6.07, 6.45) is 2.44. The molecule has 0 spiro atoms. The number of nitrogens with one attached hydrogen (secondary N) is 1. The molecule has 1 atom stereocenters. The second kappa shape index (κ2) is 8.64. The van der Waals surface area contributed by atoms with Crippen LogP contribution in [-0.4, -0.2) is 11.2 Å². The van der Waals surface area contributed by atoms with Gasteiger partial charge in [0.25, 0.3) is 0 Å². The van der Waals surface area contributed by atoms with Crippen molar-refractivity contribution >= 4 is 23.4 Å². The van der Waals surface area contributed by atoms with Crippen LogP contribution in [0.4, 0.5) is 5.69 Å². The summed E-state index contributed by atoms with van der Waals surface area (Å²) in [7, 11) is 0. The number of benzene rings is 2. The number of amides is 1. The summed E-state index contributed by atoms with van der Waals surface area (Å²) in [6, 6.07) is 18.2. The molecule has 1 N–H and O–H groups in total. The van der Waals surface area contributed by atoms with Gasteiger partial charge in [0.2, 0.25) is 5.91 Å². The largest absolute Gasteiger partial charge is 0.326 e. The first-order chi connectivity index (χ1) is 10.7. The van der Waals surface area contributed by atoms with Gasteiger partial charge < -0.3 is 5.32 Å². The minimum Gasteiger partial charge on any atom is -0.326 e. The fraction of sp³-hybridized carbons (Fsp3) is 0.316. The van der Waals surface area contributed by atoms with Gasteiger partial charge in [-0.25, -0.2) is 0 Å². The lowest BCUT2D eigenvalue weighted by molar-refractivity contribution is -0.116. The maximum atomic E-state index is 12.0. The first-order valence-electron chi connectivity index (χ1n) is 7.78. The van der Waals surface area contributed by atoms with Crippen LogP contribution in [0, 0.1) is 0 Å². The molecule has 116 valence electrons. The highest BCUT2D eigenvalue weighted by Gasteiger charge is 2.05. The first-order valence-corrected chi connectivity index (χ1v) is 8.66. The second-order valence-corrected chi connectivity index (χ2v) is 6.91. The predicted octanol–water partition coefficient (Wildman–Crippen LogP) is 5.15. The Morgan fingerprint density at radius 2 is 1.77 bits per heavy atom. The van der Waals surface area contributed by atoms with Crippen LogP contribution in [0.3, 0.4) is 0 Å². The summed E-state index contributed by atoms with van der Waals surface area (Å²) in [6.45, 7) is 4.42. The average Bonchev–Trinajstić information content (AvgIpc) is 2.55. The lowest BCUT2D eigenvalue weighted by atomic mass is 10.1. The van der Waals surface area contributed by atoms with E-state index in [1.54, 1.807) is 0 Å². The monoisotopic (exact) mass is 313 g/mol. The Bertz CT molecular complexity index is 580. The van der Waals surface area contributed by atoms with E-state index in [9.17, 15) is 4.79 Å². The summed E-state index contributed by atoms with van der Waals surface area (Å²) < 4.78 is 0. The van der Waals surface area contributed by atoms with Gasteiger partial charge in [-0.05, 0) is 42.7 Å². The number of hydrogen-bond donors (Lipinski definition) is 1. The number of rotatable bonds is 7. The lowest BCUT2D eigenvalue weighted by Crippen LogP contribution is -2.12. The standard InChI is InChI=1S/C19H23NOS/c1-3-15(2)22-18-12-10-17(11-13-18)20-19(21)14-9-16-7-5-4-6-8-16/h4-8,10-13,15H,3,9,14H2,1-2H3,(H,20,21). The van der Waals surface area contributed by atoms with E-state index >= 15 is 0 Å². The Kier molecular flexibility index (Phi) is 6.53. The fourth-order valence-electron chi connectivity index (χ4n) is 2.06. The smallest absolute Gasteiger partial charge is 0.224 e. The van der Waals surface area contributed by atoms with Gasteiger partial charge >= 0.3 is 0 Å². The van der Waals surface area contributed by atoms with Crippen LogP contribution in [0.2, 0.25) is 0 Å². The molecule has 1 amide bonds. The maximum Gasteiger partial charge on any atom is 0.224 e. The zero-order valence-corrected chi connectivity index (χ0v) is 14.0. The van der Waals surface area contributed by atoms with Crippen molar-refractivity contribution in [2.24, 2.45) is 0 Å². The minimum absolute atomic E-state index is 0.0613. The Balaban J connectivity index is 1.81. The molecule has 0 aliphatic heterocycles. The third-order valence-electron chi connectivity index (χ3n) is 3.53. The summed E-state index contributed by atoms with van der Waals surface area (Å²) in [5.74, 6) is 0.0613. The fourth-order valence-corrected chi connectivity index (χ4v) is 2.98. The van der Waals surface area contributed by atoms with Crippen LogP contribution < -0.4 is 5.32 Å². The molecule has 1 unspecified atom stereocenters. The highest BCUT2D eigenvalue weighted by molar-refractivity contribution is 7.99. The van der Waals surface area contributed by atoms with Gasteiger partial charge in [-0.2, -0.15) is 0 Å². The SMILES string of the molecule is CCC(C)Sc1ccc(NC(=O)CCc2ccccc2)cc1. The van der Waals surface area contributed by atoms with Gasteiger partial charge in [0.05, 0.1) is 0 Å². The highest BCUT2D eigenvalue weighted by atomic mass is 32.2. The van der Waals surface area contributed by atoms with Crippen molar-refractivity contribution in [2.75, 3.05) is 5.32 Å². The first kappa shape index (κ1) is 16.6. The zero-order valence-electron chi connectivity index (χ0n) is 13.2. The van der Waals surface area contributed by atoms with Crippen molar-refractivity contribution in [1.82, 2.24) is 0 Å². The molecule has 2 nitrogen and oxygen atoms in total. The molecule has 2 rings (SSSR count). The minimum atomic E-state index is 0.0613. The van der Waals surface area contributed by atoms with Crippen LogP contribution in [-0.2, 0) is 11.2 Å². The molecule has 0 radical (unpaired) electrons. The number of carbonyl (C=O) groups excluding carboxylic acids is 1. The van der Waals surface area contributed by atoms with E-state index in [-0.39, 0.29) is 5.91 Å². The topological polar surface area (TPSA) is 29.1 Å². The summed E-state index contributed by atoms with van der Waals surface area (Å²) in [4.78, 5) is 13.2. The molecule has 0 aliphatic carbocycles. The van der Waals surface area contributed by atoms with Crippen LogP contribution in [0.25, 0.3) is 0 Å². The van der Waals surface area contributed by atoms with Gasteiger partial charge in [-0.3, -0.25) is 4.79 Å². The predicted molar refractivity (Wildman–Crippen MR) is 95.4 cm³/mol. The third kappa shape index (κ3) is 5.57. The summed E-state index contributed by atoms with van der Waals surface area (Å²) in [5, 5.41) is 3.58. The highest BCUT2D eigenvalue weighted by Crippen LogP contribution is 2.26. The van der Waals surface area contributed by atoms with Crippen LogP contribution in [0.15, 0.2) is 59.5 Å². The van der Waals surface area contributed by atoms with Gasteiger partial charge in [0, 0.05) is 22.3 Å². The Morgan fingerprint density at radius 1 is 1.09 bits per heavy atom. The molecule has 0 fully saturated rings. The Labute approximate surface area is 137 Å². The summed E-state index contributed by atoms with van der Waals surface area (Å²) >= 11 is 1.87. The van der Waals surface area contributed by atoms with E-state index in [1.165, 1.54) is 10.5 Å². The number of thioether (sulfide) groups is 1. The maximum absolute atomic E-state index is 12.0. The third-order valence-corrected chi connectivity index (χ3v) is 4.81. The van der Waals surface area contributed by atoms with E-state index in [0.29, 0.717) is 11.7 Å². The average molecular weight is 313 g/mol. The summed E-state index contributed by atoms with van der Waals surface area (Å²) in [5.41, 5.74) is 2.06. The zero-order chi connectivity index (χ0) is 15.8. The molecule has 2 aromatic rings. The molecular weight excluding hydrogens is 290 g/mol. The van der Waals surface area contributed by atoms with Gasteiger partial charge in [-0.1, -0.05) is 44.2 Å². The van der Waals surface area contributed by atoms with Crippen molar-refractivity contribution in [2.45, 2.75) is 43.3 Å². The number of aryl methyl sites for hydroxylation is 1. The number of anilines is 1. The van der Waals surface area contributed by atoms with E-state index in [1.807, 2.05) is 54.2 Å². The molecule has 0 saturated heterocycles. The van der Waals surface area contributed by atoms with Gasteiger partial charge in [0.15, 0.2) is 0 Å². The van der Waals surface area contributed by atoms with Crippen molar-refractivity contribution in [3.8, 4) is 0 Å². The molecule has 2 aromatic carbocycles. The van der Waals surface area contributed by atoms with Gasteiger partial charge in [-0.15, -0.1) is 11.8 Å². The number of hydrogen-bond acceptors (Lipinski definition) is 2. The molecule has 3 heteroatoms. The van der Waals surface area contributed by atoms with E-state index in [2.05, 4.69) is 31.3 Å². The molecule has 0 heterocycles. The number of carbonyl (C=O) groups is 1. The van der Waals surface area contributed by atoms with Crippen molar-refractivity contribution in [3.63, 3.8) is 0 Å². The van der Waals surface area contributed by atoms with Crippen LogP contribution in [0.1, 0.15) is 32.3 Å². The molecule has 22 heavy (non-hydrogen) atoms. The van der Waals surface area contributed by atoms with Crippen LogP contribution >= 0.6 is 11.8 Å². The van der Waals surface area contributed by atoms with E-state index in [4.69, 9.17) is 0 Å². The molecule has 0 saturated carbocycles. The molecular formula is C19H23NOS. The van der Waals surface area contributed by atoms with Crippen molar-refractivity contribution in [1.29, 1.82) is 0 Å². The van der Waals surface area contributed by atoms with E-state index in [0.717, 1.165) is 18.5 Å². The Hall–Kier alpha value is -1.74. The molecule has 0 bridgehead atoms. The quantitative estimate of drug-likeness (QED) is 0.716. The van der Waals surface area contributed by atoms with Crippen LogP contribution in [0.5, 0.6) is 0 Å². The van der Waals surface area contributed by atoms with Crippen molar-refractivity contribution < 1.29 is 4.79 Å². The Morgan fingerprint density at radius 3 is 2.41 bits per heavy atom. The van der Waals surface area contributed by atoms with Gasteiger partial charge in [0.1, 0.15) is 0 Å². The van der Waals surface area contributed by atoms with E-state index < -0.39 is 0 Å². The lowest BCUT2D eigenvalue weighted by Gasteiger charge is -2.09. The van der Waals surface area contributed by atoms with Crippen molar-refractivity contribution in [3.05, 3.63) is 60.2 Å². The second-order valence-electron chi connectivity index (χ2n) is 5.39.